The van der Waals surface area contributed by atoms with Gasteiger partial charge in [-0.05, 0) is 11.6 Å². The van der Waals surface area contributed by atoms with Crippen LogP contribution < -0.4 is 0 Å². The van der Waals surface area contributed by atoms with Crippen LogP contribution in [-0.2, 0) is 5.33 Å². The first kappa shape index (κ1) is 12.9. The third-order valence-corrected chi connectivity index (χ3v) is 3.76. The van der Waals surface area contributed by atoms with Crippen molar-refractivity contribution < 1.29 is 4.39 Å². The fourth-order valence-electron chi connectivity index (χ4n) is 1.58. The normalized spacial score (nSPS) is 10.6. The molecule has 0 aliphatic rings. The third-order valence-electron chi connectivity index (χ3n) is 2.47. The van der Waals surface area contributed by atoms with Crippen LogP contribution in [0.1, 0.15) is 5.56 Å². The van der Waals surface area contributed by atoms with E-state index in [-0.39, 0.29) is 5.02 Å². The van der Waals surface area contributed by atoms with E-state index in [0.29, 0.717) is 21.5 Å². The maximum Gasteiger partial charge on any atom is 0.150 e. The highest BCUT2D eigenvalue weighted by Gasteiger charge is 2.16. The standard InChI is InChI=1S/C13H8BrCl2F/c14-7-10-11(15)6-9(13(17)12(10)16)8-4-2-1-3-5-8/h1-6H,7H2. The van der Waals surface area contributed by atoms with Crippen LogP contribution in [0, 0.1) is 5.82 Å². The summed E-state index contributed by atoms with van der Waals surface area (Å²) in [7, 11) is 0. The van der Waals surface area contributed by atoms with Gasteiger partial charge in [0.1, 0.15) is 5.82 Å². The molecule has 2 aromatic rings. The summed E-state index contributed by atoms with van der Waals surface area (Å²) >= 11 is 15.3. The van der Waals surface area contributed by atoms with Crippen LogP contribution in [0.3, 0.4) is 0 Å². The van der Waals surface area contributed by atoms with Gasteiger partial charge in [0.25, 0.3) is 0 Å². The lowest BCUT2D eigenvalue weighted by Crippen LogP contribution is -1.92. The van der Waals surface area contributed by atoms with E-state index in [4.69, 9.17) is 23.2 Å². The van der Waals surface area contributed by atoms with Gasteiger partial charge >= 0.3 is 0 Å². The first-order valence-electron chi connectivity index (χ1n) is 4.93. The molecule has 0 radical (unpaired) electrons. The molecule has 0 aliphatic heterocycles. The number of hydrogen-bond acceptors (Lipinski definition) is 0. The highest BCUT2D eigenvalue weighted by atomic mass is 79.9. The van der Waals surface area contributed by atoms with Gasteiger partial charge in [-0.2, -0.15) is 0 Å². The Kier molecular flexibility index (Phi) is 4.08. The van der Waals surface area contributed by atoms with Crippen molar-refractivity contribution in [1.82, 2.24) is 0 Å². The summed E-state index contributed by atoms with van der Waals surface area (Å²) in [6.45, 7) is 0. The Labute approximate surface area is 117 Å². The molecular weight excluding hydrogens is 326 g/mol. The summed E-state index contributed by atoms with van der Waals surface area (Å²) in [5.74, 6) is -0.434. The molecular formula is C13H8BrCl2F. The van der Waals surface area contributed by atoms with Crippen molar-refractivity contribution in [3.05, 3.63) is 57.8 Å². The first-order valence-corrected chi connectivity index (χ1v) is 6.80. The van der Waals surface area contributed by atoms with E-state index in [1.165, 1.54) is 0 Å². The van der Waals surface area contributed by atoms with Gasteiger partial charge in [0, 0.05) is 21.5 Å². The van der Waals surface area contributed by atoms with Crippen LogP contribution in [-0.4, -0.2) is 0 Å². The minimum absolute atomic E-state index is 0.0771. The van der Waals surface area contributed by atoms with Crippen molar-refractivity contribution in [3.8, 4) is 11.1 Å². The monoisotopic (exact) mass is 332 g/mol. The summed E-state index contributed by atoms with van der Waals surface area (Å²) in [6.07, 6.45) is 0. The molecule has 0 nitrogen and oxygen atoms in total. The molecule has 17 heavy (non-hydrogen) atoms. The van der Waals surface area contributed by atoms with E-state index in [1.807, 2.05) is 30.3 Å². The van der Waals surface area contributed by atoms with Crippen molar-refractivity contribution in [2.24, 2.45) is 0 Å². The summed E-state index contributed by atoms with van der Waals surface area (Å²) in [4.78, 5) is 0. The minimum Gasteiger partial charge on any atom is -0.205 e. The second-order valence-electron chi connectivity index (χ2n) is 3.51. The lowest BCUT2D eigenvalue weighted by molar-refractivity contribution is 0.630. The zero-order valence-corrected chi connectivity index (χ0v) is 11.8. The molecule has 88 valence electrons. The molecule has 0 bridgehead atoms. The van der Waals surface area contributed by atoms with Crippen LogP contribution in [0.2, 0.25) is 10.0 Å². The number of benzene rings is 2. The molecule has 0 amide bonds. The summed E-state index contributed by atoms with van der Waals surface area (Å²) in [6, 6.07) is 10.8. The maximum atomic E-state index is 14.1. The van der Waals surface area contributed by atoms with Crippen LogP contribution in [0.15, 0.2) is 36.4 Å². The lowest BCUT2D eigenvalue weighted by atomic mass is 10.0. The van der Waals surface area contributed by atoms with Gasteiger partial charge in [0.15, 0.2) is 0 Å². The van der Waals surface area contributed by atoms with E-state index in [1.54, 1.807) is 6.07 Å². The predicted molar refractivity (Wildman–Crippen MR) is 74.5 cm³/mol. The van der Waals surface area contributed by atoms with Gasteiger partial charge in [0.2, 0.25) is 0 Å². The molecule has 0 N–H and O–H groups in total. The molecule has 0 heterocycles. The molecule has 2 rings (SSSR count). The Morgan fingerprint density at radius 1 is 1.12 bits per heavy atom. The van der Waals surface area contributed by atoms with Crippen LogP contribution >= 0.6 is 39.1 Å². The van der Waals surface area contributed by atoms with Gasteiger partial charge in [0.05, 0.1) is 5.02 Å². The van der Waals surface area contributed by atoms with E-state index in [9.17, 15) is 4.39 Å². The predicted octanol–water partition coefficient (Wildman–Crippen LogP) is 5.69. The van der Waals surface area contributed by atoms with Crippen molar-refractivity contribution in [3.63, 3.8) is 0 Å². The minimum atomic E-state index is -0.434. The number of rotatable bonds is 2. The van der Waals surface area contributed by atoms with E-state index in [0.717, 1.165) is 5.56 Å². The quantitative estimate of drug-likeness (QED) is 0.489. The highest BCUT2D eigenvalue weighted by Crippen LogP contribution is 2.36. The van der Waals surface area contributed by atoms with Crippen molar-refractivity contribution in [2.75, 3.05) is 0 Å². The van der Waals surface area contributed by atoms with Crippen molar-refractivity contribution >= 4 is 39.1 Å². The molecule has 0 fully saturated rings. The summed E-state index contributed by atoms with van der Waals surface area (Å²) < 4.78 is 14.1. The average molecular weight is 334 g/mol. The highest BCUT2D eigenvalue weighted by molar-refractivity contribution is 9.08. The van der Waals surface area contributed by atoms with Gasteiger partial charge in [-0.3, -0.25) is 0 Å². The molecule has 0 aromatic heterocycles. The molecule has 0 aliphatic carbocycles. The largest absolute Gasteiger partial charge is 0.205 e. The molecule has 4 heteroatoms. The zero-order valence-electron chi connectivity index (χ0n) is 8.68. The smallest absolute Gasteiger partial charge is 0.150 e. The third kappa shape index (κ3) is 2.49. The molecule has 2 aromatic carbocycles. The second kappa shape index (κ2) is 5.38. The van der Waals surface area contributed by atoms with E-state index >= 15 is 0 Å². The van der Waals surface area contributed by atoms with Gasteiger partial charge < -0.3 is 0 Å². The first-order chi connectivity index (χ1) is 8.15. The molecule has 0 saturated carbocycles. The van der Waals surface area contributed by atoms with E-state index in [2.05, 4.69) is 15.9 Å². The van der Waals surface area contributed by atoms with E-state index < -0.39 is 5.82 Å². The second-order valence-corrected chi connectivity index (χ2v) is 4.86. The van der Waals surface area contributed by atoms with Gasteiger partial charge in [-0.15, -0.1) is 0 Å². The SMILES string of the molecule is Fc1c(-c2ccccc2)cc(Cl)c(CBr)c1Cl. The van der Waals surface area contributed by atoms with Crippen molar-refractivity contribution in [2.45, 2.75) is 5.33 Å². The van der Waals surface area contributed by atoms with Gasteiger partial charge in [-0.1, -0.05) is 69.5 Å². The Morgan fingerprint density at radius 2 is 1.76 bits per heavy atom. The number of alkyl halides is 1. The summed E-state index contributed by atoms with van der Waals surface area (Å²) in [5, 5.41) is 0.969. The Morgan fingerprint density at radius 3 is 2.35 bits per heavy atom. The van der Waals surface area contributed by atoms with Crippen LogP contribution in [0.5, 0.6) is 0 Å². The maximum absolute atomic E-state index is 14.1. The molecule has 0 saturated heterocycles. The molecule has 0 unspecified atom stereocenters. The fourth-order valence-corrected chi connectivity index (χ4v) is 3.08. The number of hydrogen-bond donors (Lipinski definition) is 0. The topological polar surface area (TPSA) is 0 Å². The Balaban J connectivity index is 2.65. The van der Waals surface area contributed by atoms with Crippen LogP contribution in [0.4, 0.5) is 4.39 Å². The molecule has 0 atom stereocenters. The fraction of sp³-hybridized carbons (Fsp3) is 0.0769. The van der Waals surface area contributed by atoms with Gasteiger partial charge in [-0.25, -0.2) is 4.39 Å². The van der Waals surface area contributed by atoms with Crippen molar-refractivity contribution in [1.29, 1.82) is 0 Å². The lowest BCUT2D eigenvalue weighted by Gasteiger charge is -2.10. The average Bonchev–Trinajstić information content (AvgIpc) is 2.35. The van der Waals surface area contributed by atoms with Crippen LogP contribution in [0.25, 0.3) is 11.1 Å². The summed E-state index contributed by atoms with van der Waals surface area (Å²) in [5.41, 5.74) is 1.76. The Hall–Kier alpha value is -0.570. The molecule has 0 spiro atoms. The number of halogens is 4. The zero-order chi connectivity index (χ0) is 12.4. The Bertz CT molecular complexity index is 541.